The van der Waals surface area contributed by atoms with E-state index < -0.39 is 0 Å². The number of rotatable bonds is 2. The van der Waals surface area contributed by atoms with Gasteiger partial charge in [0.05, 0.1) is 23.8 Å². The summed E-state index contributed by atoms with van der Waals surface area (Å²) in [5.41, 5.74) is 5.30. The van der Waals surface area contributed by atoms with Gasteiger partial charge in [0.25, 0.3) is 0 Å². The van der Waals surface area contributed by atoms with Crippen molar-refractivity contribution in [1.29, 1.82) is 0 Å². The van der Waals surface area contributed by atoms with Crippen LogP contribution in [0.25, 0.3) is 28.2 Å². The lowest BCUT2D eigenvalue weighted by Crippen LogP contribution is -1.91. The van der Waals surface area contributed by atoms with Crippen molar-refractivity contribution in [2.24, 2.45) is 0 Å². The van der Waals surface area contributed by atoms with Gasteiger partial charge in [-0.2, -0.15) is 22.7 Å². The summed E-state index contributed by atoms with van der Waals surface area (Å²) in [6.07, 6.45) is 5.77. The smallest absolute Gasteiger partial charge is 0.155 e. The normalized spacial score (nSPS) is 11.2. The minimum atomic E-state index is 0.875. The van der Waals surface area contributed by atoms with Gasteiger partial charge in [0.15, 0.2) is 5.65 Å². The van der Waals surface area contributed by atoms with Gasteiger partial charge in [-0.1, -0.05) is 0 Å². The van der Waals surface area contributed by atoms with Crippen LogP contribution in [0.1, 0.15) is 0 Å². The average molecular weight is 283 g/mol. The molecule has 19 heavy (non-hydrogen) atoms. The van der Waals surface area contributed by atoms with Crippen molar-refractivity contribution >= 4 is 28.3 Å². The predicted octanol–water partition coefficient (Wildman–Crippen LogP) is 4.19. The molecule has 0 saturated heterocycles. The maximum Gasteiger partial charge on any atom is 0.155 e. The van der Waals surface area contributed by atoms with Crippen molar-refractivity contribution in [3.63, 3.8) is 0 Å². The molecule has 0 amide bonds. The largest absolute Gasteiger partial charge is 0.296 e. The van der Waals surface area contributed by atoms with Crippen LogP contribution in [0.5, 0.6) is 0 Å². The van der Waals surface area contributed by atoms with E-state index in [0.717, 1.165) is 22.6 Å². The molecule has 0 N–H and O–H groups in total. The minimum Gasteiger partial charge on any atom is -0.296 e. The highest BCUT2D eigenvalue weighted by atomic mass is 32.1. The Labute approximate surface area is 117 Å². The van der Waals surface area contributed by atoms with Gasteiger partial charge >= 0.3 is 0 Å². The zero-order valence-electron chi connectivity index (χ0n) is 9.85. The molecular weight excluding hydrogens is 274 g/mol. The zero-order valence-corrected chi connectivity index (χ0v) is 11.5. The molecule has 0 aliphatic heterocycles. The van der Waals surface area contributed by atoms with Crippen molar-refractivity contribution in [3.8, 4) is 22.5 Å². The molecule has 0 fully saturated rings. The molecule has 0 saturated carbocycles. The Balaban J connectivity index is 1.95. The van der Waals surface area contributed by atoms with Crippen LogP contribution in [-0.4, -0.2) is 14.4 Å². The summed E-state index contributed by atoms with van der Waals surface area (Å²) in [7, 11) is 0. The highest BCUT2D eigenvalue weighted by Gasteiger charge is 2.08. The fourth-order valence-corrected chi connectivity index (χ4v) is 3.37. The molecule has 4 aromatic rings. The van der Waals surface area contributed by atoms with Crippen LogP contribution in [-0.2, 0) is 0 Å². The summed E-state index contributed by atoms with van der Waals surface area (Å²) in [5, 5.41) is 8.38. The quantitative estimate of drug-likeness (QED) is 0.552. The first-order chi connectivity index (χ1) is 9.42. The molecule has 4 aromatic heterocycles. The maximum atomic E-state index is 4.47. The first-order valence-corrected chi connectivity index (χ1v) is 7.68. The Kier molecular flexibility index (Phi) is 2.46. The molecule has 0 aromatic carbocycles. The molecule has 5 heteroatoms. The Bertz CT molecular complexity index is 814. The number of aromatic nitrogens is 3. The van der Waals surface area contributed by atoms with Gasteiger partial charge in [0.2, 0.25) is 0 Å². The minimum absolute atomic E-state index is 0.875. The SMILES string of the molecule is c1cc(-c2cn3c(-c4ccsc4)cnc3cn2)cs1. The van der Waals surface area contributed by atoms with E-state index >= 15 is 0 Å². The van der Waals surface area contributed by atoms with E-state index in [1.165, 1.54) is 5.56 Å². The Morgan fingerprint density at radius 1 is 0.895 bits per heavy atom. The van der Waals surface area contributed by atoms with Gasteiger partial charge in [0.1, 0.15) is 0 Å². The molecule has 3 nitrogen and oxygen atoms in total. The van der Waals surface area contributed by atoms with Crippen molar-refractivity contribution in [2.45, 2.75) is 0 Å². The van der Waals surface area contributed by atoms with Gasteiger partial charge in [-0.05, 0) is 22.9 Å². The number of nitrogens with zero attached hydrogens (tertiary/aromatic N) is 3. The highest BCUT2D eigenvalue weighted by molar-refractivity contribution is 7.08. The molecule has 0 aliphatic rings. The molecular formula is C14H9N3S2. The second-order valence-electron chi connectivity index (χ2n) is 4.17. The molecule has 4 heterocycles. The van der Waals surface area contributed by atoms with Crippen molar-refractivity contribution in [3.05, 3.63) is 52.2 Å². The number of thiophene rings is 2. The summed E-state index contributed by atoms with van der Waals surface area (Å²) in [5.74, 6) is 0. The summed E-state index contributed by atoms with van der Waals surface area (Å²) in [4.78, 5) is 8.87. The van der Waals surface area contributed by atoms with Crippen LogP contribution in [0.15, 0.2) is 52.2 Å². The second kappa shape index (κ2) is 4.29. The number of hydrogen-bond donors (Lipinski definition) is 0. The third-order valence-electron chi connectivity index (χ3n) is 3.03. The van der Waals surface area contributed by atoms with Gasteiger partial charge in [0, 0.05) is 28.1 Å². The van der Waals surface area contributed by atoms with E-state index in [0.29, 0.717) is 0 Å². The molecule has 92 valence electrons. The highest BCUT2D eigenvalue weighted by Crippen LogP contribution is 2.25. The van der Waals surface area contributed by atoms with Crippen LogP contribution >= 0.6 is 22.7 Å². The Morgan fingerprint density at radius 2 is 1.68 bits per heavy atom. The summed E-state index contributed by atoms with van der Waals surface area (Å²) < 4.78 is 2.10. The lowest BCUT2D eigenvalue weighted by molar-refractivity contribution is 1.14. The molecule has 0 aliphatic carbocycles. The van der Waals surface area contributed by atoms with Crippen LogP contribution in [0.2, 0.25) is 0 Å². The molecule has 0 atom stereocenters. The number of imidazole rings is 1. The van der Waals surface area contributed by atoms with Gasteiger partial charge in [-0.25, -0.2) is 4.98 Å². The number of hydrogen-bond acceptors (Lipinski definition) is 4. The topological polar surface area (TPSA) is 30.2 Å². The first-order valence-electron chi connectivity index (χ1n) is 5.80. The number of fused-ring (bicyclic) bond motifs is 1. The summed E-state index contributed by atoms with van der Waals surface area (Å²) in [6.45, 7) is 0. The van der Waals surface area contributed by atoms with Crippen molar-refractivity contribution in [1.82, 2.24) is 14.4 Å². The van der Waals surface area contributed by atoms with Crippen molar-refractivity contribution in [2.75, 3.05) is 0 Å². The maximum absolute atomic E-state index is 4.47. The fraction of sp³-hybridized carbons (Fsp3) is 0. The monoisotopic (exact) mass is 283 g/mol. The van der Waals surface area contributed by atoms with E-state index in [1.807, 2.05) is 12.4 Å². The van der Waals surface area contributed by atoms with Gasteiger partial charge < -0.3 is 0 Å². The molecule has 0 bridgehead atoms. The summed E-state index contributed by atoms with van der Waals surface area (Å²) >= 11 is 3.37. The van der Waals surface area contributed by atoms with Gasteiger partial charge in [-0.15, -0.1) is 0 Å². The van der Waals surface area contributed by atoms with E-state index in [4.69, 9.17) is 0 Å². The van der Waals surface area contributed by atoms with E-state index in [1.54, 1.807) is 22.7 Å². The zero-order chi connectivity index (χ0) is 12.7. The van der Waals surface area contributed by atoms with E-state index in [9.17, 15) is 0 Å². The van der Waals surface area contributed by atoms with Crippen LogP contribution in [0, 0.1) is 0 Å². The van der Waals surface area contributed by atoms with Crippen LogP contribution in [0.3, 0.4) is 0 Å². The standard InChI is InChI=1S/C14H9N3S2/c1-3-18-8-10(1)12-7-17-13(11-2-4-19-9-11)5-16-14(17)6-15-12/h1-9H. The average Bonchev–Trinajstić information content (AvgIpc) is 3.18. The molecule has 0 unspecified atom stereocenters. The molecule has 0 spiro atoms. The van der Waals surface area contributed by atoms with E-state index in [-0.39, 0.29) is 0 Å². The van der Waals surface area contributed by atoms with Crippen LogP contribution < -0.4 is 0 Å². The third-order valence-corrected chi connectivity index (χ3v) is 4.40. The van der Waals surface area contributed by atoms with E-state index in [2.05, 4.69) is 54.2 Å². The fourth-order valence-electron chi connectivity index (χ4n) is 2.07. The first kappa shape index (κ1) is 10.9. The third kappa shape index (κ3) is 1.78. The lowest BCUT2D eigenvalue weighted by atomic mass is 10.2. The lowest BCUT2D eigenvalue weighted by Gasteiger charge is -2.02. The Morgan fingerprint density at radius 3 is 2.42 bits per heavy atom. The predicted molar refractivity (Wildman–Crippen MR) is 79.6 cm³/mol. The second-order valence-corrected chi connectivity index (χ2v) is 5.73. The van der Waals surface area contributed by atoms with Crippen molar-refractivity contribution < 1.29 is 0 Å². The summed E-state index contributed by atoms with van der Waals surface area (Å²) in [6, 6.07) is 4.19. The molecule has 0 radical (unpaired) electrons. The molecule has 4 rings (SSSR count). The Hall–Kier alpha value is -1.98. The van der Waals surface area contributed by atoms with Gasteiger partial charge in [-0.3, -0.25) is 9.38 Å². The van der Waals surface area contributed by atoms with Crippen LogP contribution in [0.4, 0.5) is 0 Å².